The van der Waals surface area contributed by atoms with Gasteiger partial charge in [-0.1, -0.05) is 84.6 Å². The van der Waals surface area contributed by atoms with Gasteiger partial charge in [-0.2, -0.15) is 0 Å². The standard InChI is InChI=1S/C36H20OS2/c1-2-7-23-20-30-28(18-22(23)6-1)36-26(11-5-12-29(36)37-30)32-17-16-31(38-32)24-14-15-33-27(19-24)25-10-3-8-21-9-4-13-34(39-33)35(21)25/h1-20H. The van der Waals surface area contributed by atoms with E-state index in [1.807, 2.05) is 23.1 Å². The average Bonchev–Trinajstić information content (AvgIpc) is 3.61. The SMILES string of the molecule is c1ccc2cc3c(cc2c1)oc1cccc(-c2ccc(-c4ccc5c(c4)-c4cccc6cccc(c46)S5)s2)c13. The molecular formula is C36H20OS2. The van der Waals surface area contributed by atoms with E-state index in [1.165, 1.54) is 74.1 Å². The average molecular weight is 533 g/mol. The van der Waals surface area contributed by atoms with Crippen molar-refractivity contribution in [3.05, 3.63) is 121 Å². The molecule has 2 aromatic heterocycles. The van der Waals surface area contributed by atoms with E-state index in [9.17, 15) is 0 Å². The Morgan fingerprint density at radius 3 is 2.15 bits per heavy atom. The predicted octanol–water partition coefficient (Wildman–Crippen LogP) is 11.4. The van der Waals surface area contributed by atoms with Gasteiger partial charge in [-0.15, -0.1) is 11.3 Å². The molecule has 9 rings (SSSR count). The van der Waals surface area contributed by atoms with Gasteiger partial charge in [0.25, 0.3) is 0 Å². The summed E-state index contributed by atoms with van der Waals surface area (Å²) in [6.07, 6.45) is 0. The maximum atomic E-state index is 6.33. The van der Waals surface area contributed by atoms with Gasteiger partial charge >= 0.3 is 0 Å². The molecule has 3 heterocycles. The number of benzene rings is 6. The maximum absolute atomic E-state index is 6.33. The summed E-state index contributed by atoms with van der Waals surface area (Å²) in [6.45, 7) is 0. The number of thiophene rings is 1. The van der Waals surface area contributed by atoms with Crippen molar-refractivity contribution < 1.29 is 4.42 Å². The van der Waals surface area contributed by atoms with Crippen molar-refractivity contribution >= 4 is 66.6 Å². The van der Waals surface area contributed by atoms with Crippen LogP contribution in [0.5, 0.6) is 0 Å². The summed E-state index contributed by atoms with van der Waals surface area (Å²) in [6, 6.07) is 44.1. The third kappa shape index (κ3) is 3.21. The minimum absolute atomic E-state index is 0.935. The van der Waals surface area contributed by atoms with E-state index < -0.39 is 0 Å². The van der Waals surface area contributed by atoms with E-state index in [4.69, 9.17) is 4.42 Å². The van der Waals surface area contributed by atoms with Crippen LogP contribution in [0.2, 0.25) is 0 Å². The van der Waals surface area contributed by atoms with E-state index in [0.717, 1.165) is 11.2 Å². The van der Waals surface area contributed by atoms with Crippen LogP contribution in [0, 0.1) is 0 Å². The van der Waals surface area contributed by atoms with Crippen LogP contribution in [0.4, 0.5) is 0 Å². The molecule has 39 heavy (non-hydrogen) atoms. The first kappa shape index (κ1) is 21.6. The van der Waals surface area contributed by atoms with Crippen LogP contribution >= 0.6 is 23.1 Å². The number of hydrogen-bond donors (Lipinski definition) is 0. The smallest absolute Gasteiger partial charge is 0.136 e. The minimum atomic E-state index is 0.935. The summed E-state index contributed by atoms with van der Waals surface area (Å²) in [7, 11) is 0. The van der Waals surface area contributed by atoms with Crippen LogP contribution in [0.25, 0.3) is 75.5 Å². The van der Waals surface area contributed by atoms with Crippen molar-refractivity contribution in [2.24, 2.45) is 0 Å². The Bertz CT molecular complexity index is 2260. The van der Waals surface area contributed by atoms with Crippen molar-refractivity contribution in [3.63, 3.8) is 0 Å². The summed E-state index contributed by atoms with van der Waals surface area (Å²) < 4.78 is 6.33. The lowest BCUT2D eigenvalue weighted by atomic mass is 9.96. The molecule has 1 aliphatic rings. The molecule has 0 spiro atoms. The van der Waals surface area contributed by atoms with E-state index in [2.05, 4.69) is 121 Å². The van der Waals surface area contributed by atoms with E-state index in [1.54, 1.807) is 0 Å². The van der Waals surface area contributed by atoms with Gasteiger partial charge in [-0.3, -0.25) is 0 Å². The fourth-order valence-corrected chi connectivity index (χ4v) is 8.23. The zero-order valence-electron chi connectivity index (χ0n) is 20.8. The lowest BCUT2D eigenvalue weighted by Crippen LogP contribution is -1.93. The second-order valence-corrected chi connectivity index (χ2v) is 12.3. The molecule has 0 saturated carbocycles. The first-order valence-corrected chi connectivity index (χ1v) is 14.7. The predicted molar refractivity (Wildman–Crippen MR) is 167 cm³/mol. The number of rotatable bonds is 2. The van der Waals surface area contributed by atoms with Gasteiger partial charge in [0.2, 0.25) is 0 Å². The Kier molecular flexibility index (Phi) is 4.48. The Morgan fingerprint density at radius 1 is 0.462 bits per heavy atom. The fourth-order valence-electron chi connectivity index (χ4n) is 6.07. The zero-order valence-corrected chi connectivity index (χ0v) is 22.4. The summed E-state index contributed by atoms with van der Waals surface area (Å²) >= 11 is 3.73. The van der Waals surface area contributed by atoms with Gasteiger partial charge < -0.3 is 4.42 Å². The van der Waals surface area contributed by atoms with Gasteiger partial charge in [0.05, 0.1) is 0 Å². The molecule has 3 heteroatoms. The van der Waals surface area contributed by atoms with Crippen molar-refractivity contribution in [2.45, 2.75) is 9.79 Å². The number of hydrogen-bond acceptors (Lipinski definition) is 3. The molecule has 0 radical (unpaired) electrons. The Labute approximate surface area is 233 Å². The highest BCUT2D eigenvalue weighted by Gasteiger charge is 2.20. The van der Waals surface area contributed by atoms with Crippen molar-refractivity contribution in [2.75, 3.05) is 0 Å². The van der Waals surface area contributed by atoms with Crippen molar-refractivity contribution in [1.82, 2.24) is 0 Å². The molecule has 1 nitrogen and oxygen atoms in total. The zero-order chi connectivity index (χ0) is 25.5. The molecule has 0 fully saturated rings. The number of furan rings is 1. The molecule has 182 valence electrons. The van der Waals surface area contributed by atoms with Gasteiger partial charge in [0.15, 0.2) is 0 Å². The molecule has 0 aliphatic carbocycles. The van der Waals surface area contributed by atoms with Crippen molar-refractivity contribution in [3.8, 4) is 32.0 Å². The van der Waals surface area contributed by atoms with Crippen LogP contribution in [0.15, 0.2) is 136 Å². The molecule has 0 unspecified atom stereocenters. The quantitative estimate of drug-likeness (QED) is 0.220. The second kappa shape index (κ2) is 8.09. The fraction of sp³-hybridized carbons (Fsp3) is 0. The van der Waals surface area contributed by atoms with Crippen molar-refractivity contribution in [1.29, 1.82) is 0 Å². The molecule has 1 aliphatic heterocycles. The molecule has 6 aromatic carbocycles. The summed E-state index contributed by atoms with van der Waals surface area (Å²) in [5.74, 6) is 0. The summed E-state index contributed by atoms with van der Waals surface area (Å²) in [5.41, 5.74) is 7.02. The maximum Gasteiger partial charge on any atom is 0.136 e. The van der Waals surface area contributed by atoms with Crippen LogP contribution in [-0.2, 0) is 0 Å². The Hall–Kier alpha value is -4.31. The molecule has 8 aromatic rings. The Balaban J connectivity index is 1.19. The first-order valence-electron chi connectivity index (χ1n) is 13.1. The van der Waals surface area contributed by atoms with E-state index >= 15 is 0 Å². The lowest BCUT2D eigenvalue weighted by molar-refractivity contribution is 0.669. The largest absolute Gasteiger partial charge is 0.456 e. The lowest BCUT2D eigenvalue weighted by Gasteiger charge is -2.20. The summed E-state index contributed by atoms with van der Waals surface area (Å²) in [5, 5.41) is 7.47. The van der Waals surface area contributed by atoms with Gasteiger partial charge in [-0.25, -0.2) is 0 Å². The molecule has 0 N–H and O–H groups in total. The Morgan fingerprint density at radius 2 is 1.23 bits per heavy atom. The normalized spacial score (nSPS) is 12.5. The minimum Gasteiger partial charge on any atom is -0.456 e. The van der Waals surface area contributed by atoms with Crippen LogP contribution in [0.3, 0.4) is 0 Å². The molecular weight excluding hydrogens is 513 g/mol. The molecule has 0 amide bonds. The molecule has 0 bridgehead atoms. The first-order chi connectivity index (χ1) is 19.3. The number of fused-ring (bicyclic) bond motifs is 6. The van der Waals surface area contributed by atoms with E-state index in [0.29, 0.717) is 0 Å². The highest BCUT2D eigenvalue weighted by molar-refractivity contribution is 7.99. The van der Waals surface area contributed by atoms with Crippen LogP contribution in [-0.4, -0.2) is 0 Å². The van der Waals surface area contributed by atoms with Gasteiger partial charge in [0, 0.05) is 41.3 Å². The topological polar surface area (TPSA) is 13.1 Å². The molecule has 0 saturated heterocycles. The highest BCUT2D eigenvalue weighted by Crippen LogP contribution is 2.49. The van der Waals surface area contributed by atoms with E-state index in [-0.39, 0.29) is 0 Å². The third-order valence-corrected chi connectivity index (χ3v) is 10.2. The summed E-state index contributed by atoms with van der Waals surface area (Å²) in [4.78, 5) is 5.20. The van der Waals surface area contributed by atoms with Gasteiger partial charge in [-0.05, 0) is 81.4 Å². The van der Waals surface area contributed by atoms with Crippen LogP contribution < -0.4 is 0 Å². The second-order valence-electron chi connectivity index (χ2n) is 10.1. The highest BCUT2D eigenvalue weighted by atomic mass is 32.2. The van der Waals surface area contributed by atoms with Crippen LogP contribution in [0.1, 0.15) is 0 Å². The molecule has 0 atom stereocenters. The monoisotopic (exact) mass is 532 g/mol. The third-order valence-electron chi connectivity index (χ3n) is 7.88. The van der Waals surface area contributed by atoms with Gasteiger partial charge in [0.1, 0.15) is 11.2 Å².